The number of hydrogen-bond acceptors (Lipinski definition) is 5. The van der Waals surface area contributed by atoms with Crippen molar-refractivity contribution in [2.75, 3.05) is 0 Å². The van der Waals surface area contributed by atoms with Crippen molar-refractivity contribution in [3.8, 4) is 6.07 Å². The van der Waals surface area contributed by atoms with Crippen molar-refractivity contribution in [1.29, 1.82) is 5.26 Å². The largest absolute Gasteiger partial charge is 0.219 e. The number of rotatable bonds is 1. The van der Waals surface area contributed by atoms with E-state index in [0.717, 1.165) is 0 Å². The van der Waals surface area contributed by atoms with Gasteiger partial charge >= 0.3 is 0 Å². The summed E-state index contributed by atoms with van der Waals surface area (Å²) >= 11 is 0. The van der Waals surface area contributed by atoms with Gasteiger partial charge in [-0.1, -0.05) is 6.58 Å². The topological polar surface area (TPSA) is 73.2 Å². The first-order chi connectivity index (χ1) is 4.34. The van der Waals surface area contributed by atoms with E-state index in [-0.39, 0.29) is 5.57 Å². The van der Waals surface area contributed by atoms with E-state index < -0.39 is 6.17 Å². The third kappa shape index (κ3) is 0.966. The summed E-state index contributed by atoms with van der Waals surface area (Å²) < 4.78 is 0. The Hall–Kier alpha value is -1.57. The van der Waals surface area contributed by atoms with Crippen LogP contribution in [0.2, 0.25) is 0 Å². The van der Waals surface area contributed by atoms with Gasteiger partial charge in [0, 0.05) is 0 Å². The highest BCUT2D eigenvalue weighted by molar-refractivity contribution is 5.22. The average molecular weight is 121 g/mol. The maximum Gasteiger partial charge on any atom is 0.219 e. The summed E-state index contributed by atoms with van der Waals surface area (Å²) in [5, 5.41) is 21.6. The third-order valence-corrected chi connectivity index (χ3v) is 0.817. The van der Waals surface area contributed by atoms with E-state index in [1.54, 1.807) is 6.07 Å². The minimum Gasteiger partial charge on any atom is -0.193 e. The second-order valence-corrected chi connectivity index (χ2v) is 1.42. The lowest BCUT2D eigenvalue weighted by Gasteiger charge is -1.90. The highest BCUT2D eigenvalue weighted by Crippen LogP contribution is 2.11. The van der Waals surface area contributed by atoms with Gasteiger partial charge in [0.1, 0.15) is 0 Å². The number of nitriles is 1. The Morgan fingerprint density at radius 2 is 2.00 bits per heavy atom. The molecule has 44 valence electrons. The molecule has 0 fully saturated rings. The van der Waals surface area contributed by atoms with Gasteiger partial charge in [0.15, 0.2) is 0 Å². The van der Waals surface area contributed by atoms with Crippen molar-refractivity contribution in [2.24, 2.45) is 20.7 Å². The Balaban J connectivity index is 2.67. The lowest BCUT2D eigenvalue weighted by Crippen LogP contribution is -1.96. The van der Waals surface area contributed by atoms with Gasteiger partial charge in [-0.15, -0.1) is 10.2 Å². The van der Waals surface area contributed by atoms with Crippen molar-refractivity contribution in [3.63, 3.8) is 0 Å². The first-order valence-electron chi connectivity index (χ1n) is 2.23. The van der Waals surface area contributed by atoms with E-state index >= 15 is 0 Å². The van der Waals surface area contributed by atoms with Crippen LogP contribution < -0.4 is 0 Å². The molecule has 0 spiro atoms. The van der Waals surface area contributed by atoms with Crippen molar-refractivity contribution in [1.82, 2.24) is 0 Å². The minimum atomic E-state index is -0.560. The Morgan fingerprint density at radius 3 is 2.44 bits per heavy atom. The van der Waals surface area contributed by atoms with Crippen LogP contribution in [-0.4, -0.2) is 6.17 Å². The van der Waals surface area contributed by atoms with E-state index in [4.69, 9.17) is 5.26 Å². The molecule has 0 radical (unpaired) electrons. The fourth-order valence-electron chi connectivity index (χ4n) is 0.364. The lowest BCUT2D eigenvalue weighted by atomic mass is 10.3. The maximum atomic E-state index is 8.24. The van der Waals surface area contributed by atoms with Crippen molar-refractivity contribution in [2.45, 2.75) is 6.17 Å². The van der Waals surface area contributed by atoms with Crippen LogP contribution >= 0.6 is 0 Å². The molecule has 0 aromatic carbocycles. The fourth-order valence-corrected chi connectivity index (χ4v) is 0.364. The highest BCUT2D eigenvalue weighted by Gasteiger charge is 2.12. The Morgan fingerprint density at radius 1 is 1.44 bits per heavy atom. The standard InChI is InChI=1S/C4H3N5/c1-3(2-5)4-6-8-9-7-4/h4H,1H2. The molecule has 1 aliphatic heterocycles. The van der Waals surface area contributed by atoms with Gasteiger partial charge in [-0.25, -0.2) is 0 Å². The molecule has 0 amide bonds. The third-order valence-electron chi connectivity index (χ3n) is 0.817. The predicted molar refractivity (Wildman–Crippen MR) is 28.3 cm³/mol. The van der Waals surface area contributed by atoms with E-state index in [9.17, 15) is 0 Å². The molecule has 9 heavy (non-hydrogen) atoms. The summed E-state index contributed by atoms with van der Waals surface area (Å²) in [7, 11) is 0. The van der Waals surface area contributed by atoms with E-state index in [2.05, 4.69) is 27.3 Å². The molecular weight excluding hydrogens is 118 g/mol. The normalized spacial score (nSPS) is 15.9. The van der Waals surface area contributed by atoms with Crippen LogP contribution in [0, 0.1) is 11.3 Å². The molecule has 1 heterocycles. The molecule has 0 bridgehead atoms. The summed E-state index contributed by atoms with van der Waals surface area (Å²) in [6, 6.07) is 1.80. The molecule has 0 saturated heterocycles. The number of hydrogen-bond donors (Lipinski definition) is 0. The van der Waals surface area contributed by atoms with E-state index in [1.807, 2.05) is 0 Å². The van der Waals surface area contributed by atoms with Gasteiger partial charge in [-0.2, -0.15) is 5.26 Å². The minimum absolute atomic E-state index is 0.264. The molecule has 5 heteroatoms. The summed E-state index contributed by atoms with van der Waals surface area (Å²) in [4.78, 5) is 0. The van der Waals surface area contributed by atoms with E-state index in [1.165, 1.54) is 0 Å². The molecule has 0 aromatic heterocycles. The maximum absolute atomic E-state index is 8.24. The Labute approximate surface area is 51.4 Å². The van der Waals surface area contributed by atoms with Crippen LogP contribution in [0.15, 0.2) is 32.8 Å². The van der Waals surface area contributed by atoms with Gasteiger partial charge < -0.3 is 0 Å². The van der Waals surface area contributed by atoms with Crippen LogP contribution in [0.25, 0.3) is 0 Å². The van der Waals surface area contributed by atoms with Gasteiger partial charge in [-0.05, 0) is 10.4 Å². The SMILES string of the molecule is C=C(C#N)C1N=NN=N1. The fraction of sp³-hybridized carbons (Fsp3) is 0.250. The van der Waals surface area contributed by atoms with Gasteiger partial charge in [0.05, 0.1) is 11.6 Å². The lowest BCUT2D eigenvalue weighted by molar-refractivity contribution is 0.834. The highest BCUT2D eigenvalue weighted by atomic mass is 15.6. The monoisotopic (exact) mass is 121 g/mol. The second-order valence-electron chi connectivity index (χ2n) is 1.42. The van der Waals surface area contributed by atoms with Gasteiger partial charge in [0.25, 0.3) is 0 Å². The number of nitrogens with zero attached hydrogens (tertiary/aromatic N) is 5. The molecule has 0 saturated carbocycles. The second kappa shape index (κ2) is 2.13. The van der Waals surface area contributed by atoms with Crippen molar-refractivity contribution < 1.29 is 0 Å². The molecule has 0 unspecified atom stereocenters. The van der Waals surface area contributed by atoms with Crippen LogP contribution in [0.4, 0.5) is 0 Å². The molecule has 0 N–H and O–H groups in total. The Bertz CT molecular complexity index is 208. The summed E-state index contributed by atoms with van der Waals surface area (Å²) in [6.07, 6.45) is -0.560. The summed E-state index contributed by atoms with van der Waals surface area (Å²) in [5.74, 6) is 0. The van der Waals surface area contributed by atoms with Crippen molar-refractivity contribution >= 4 is 0 Å². The van der Waals surface area contributed by atoms with Crippen LogP contribution in [-0.2, 0) is 0 Å². The molecule has 0 aliphatic carbocycles. The zero-order chi connectivity index (χ0) is 6.69. The summed E-state index contributed by atoms with van der Waals surface area (Å²) in [5.41, 5.74) is 0.264. The first kappa shape index (κ1) is 5.56. The van der Waals surface area contributed by atoms with Gasteiger partial charge in [-0.3, -0.25) is 0 Å². The quantitative estimate of drug-likeness (QED) is 0.480. The molecule has 0 aromatic rings. The van der Waals surface area contributed by atoms with Crippen LogP contribution in [0.5, 0.6) is 0 Å². The van der Waals surface area contributed by atoms with Crippen LogP contribution in [0.1, 0.15) is 0 Å². The smallest absolute Gasteiger partial charge is 0.193 e. The molecule has 0 atom stereocenters. The zero-order valence-corrected chi connectivity index (χ0v) is 4.52. The molecular formula is C4H3N5. The van der Waals surface area contributed by atoms with Crippen molar-refractivity contribution in [3.05, 3.63) is 12.2 Å². The zero-order valence-electron chi connectivity index (χ0n) is 4.52. The molecule has 5 nitrogen and oxygen atoms in total. The van der Waals surface area contributed by atoms with E-state index in [0.29, 0.717) is 0 Å². The predicted octanol–water partition coefficient (Wildman–Crippen LogP) is 1.23. The Kier molecular flexibility index (Phi) is 1.32. The van der Waals surface area contributed by atoms with Crippen LogP contribution in [0.3, 0.4) is 0 Å². The molecule has 1 aliphatic rings. The van der Waals surface area contributed by atoms with Gasteiger partial charge in [0.2, 0.25) is 6.17 Å². The average Bonchev–Trinajstić information content (AvgIpc) is 2.37. The molecule has 1 rings (SSSR count). The first-order valence-corrected chi connectivity index (χ1v) is 2.23. The summed E-state index contributed by atoms with van der Waals surface area (Å²) in [6.45, 7) is 3.39.